The molecule has 0 radical (unpaired) electrons. The second-order valence-electron chi connectivity index (χ2n) is 3.10. The number of anilines is 1. The van der Waals surface area contributed by atoms with E-state index in [0.29, 0.717) is 4.31 Å². The van der Waals surface area contributed by atoms with Crippen molar-refractivity contribution in [1.82, 2.24) is 0 Å². The normalized spacial score (nSPS) is 11.3. The second-order valence-corrected chi connectivity index (χ2v) is 5.91. The van der Waals surface area contributed by atoms with Crippen molar-refractivity contribution in [3.8, 4) is 0 Å². The standard InChI is InChI=1S/C9H8Cl2FNO3S/c1-6(14)13(17(15,16)5-10)9-3-2-7(12)4-8(9)11/h2-4H,5H2,1H3. The average molecular weight is 300 g/mol. The number of halogens is 3. The summed E-state index contributed by atoms with van der Waals surface area (Å²) in [5.41, 5.74) is -0.124. The molecule has 0 saturated heterocycles. The number of carbonyl (C=O) groups is 1. The summed E-state index contributed by atoms with van der Waals surface area (Å²) in [6.45, 7) is 1.05. The summed E-state index contributed by atoms with van der Waals surface area (Å²) < 4.78 is 36.5. The quantitative estimate of drug-likeness (QED) is 0.805. The molecule has 0 aromatic heterocycles. The molecule has 0 atom stereocenters. The third kappa shape index (κ3) is 3.08. The summed E-state index contributed by atoms with van der Waals surface area (Å²) in [6.07, 6.45) is 0. The van der Waals surface area contributed by atoms with E-state index in [0.717, 1.165) is 25.1 Å². The van der Waals surface area contributed by atoms with Gasteiger partial charge in [0, 0.05) is 6.92 Å². The van der Waals surface area contributed by atoms with Crippen LogP contribution >= 0.6 is 23.2 Å². The van der Waals surface area contributed by atoms with Crippen LogP contribution in [-0.4, -0.2) is 19.5 Å². The highest BCUT2D eigenvalue weighted by atomic mass is 35.5. The Labute approximate surface area is 108 Å². The van der Waals surface area contributed by atoms with Crippen molar-refractivity contribution in [3.63, 3.8) is 0 Å². The van der Waals surface area contributed by atoms with Crippen LogP contribution in [0, 0.1) is 5.82 Å². The molecule has 17 heavy (non-hydrogen) atoms. The lowest BCUT2D eigenvalue weighted by Crippen LogP contribution is -2.36. The van der Waals surface area contributed by atoms with Crippen LogP contribution < -0.4 is 4.31 Å². The summed E-state index contributed by atoms with van der Waals surface area (Å²) in [5, 5.41) is -0.964. The maximum Gasteiger partial charge on any atom is 0.255 e. The molecule has 0 heterocycles. The number of carbonyl (C=O) groups excluding carboxylic acids is 1. The number of rotatable bonds is 3. The third-order valence-electron chi connectivity index (χ3n) is 1.83. The van der Waals surface area contributed by atoms with Crippen LogP contribution in [0.1, 0.15) is 6.92 Å². The number of hydrogen-bond acceptors (Lipinski definition) is 3. The van der Waals surface area contributed by atoms with Crippen LogP contribution in [0.15, 0.2) is 18.2 Å². The van der Waals surface area contributed by atoms with Gasteiger partial charge in [0.2, 0.25) is 5.91 Å². The molecule has 94 valence electrons. The first-order valence-corrected chi connectivity index (χ1v) is 6.86. The van der Waals surface area contributed by atoms with Crippen LogP contribution in [0.3, 0.4) is 0 Å². The molecule has 1 amide bonds. The van der Waals surface area contributed by atoms with E-state index >= 15 is 0 Å². The van der Waals surface area contributed by atoms with Gasteiger partial charge < -0.3 is 0 Å². The minimum Gasteiger partial charge on any atom is -0.274 e. The molecule has 8 heteroatoms. The van der Waals surface area contributed by atoms with Crippen LogP contribution in [0.4, 0.5) is 10.1 Å². The Hall–Kier alpha value is -0.850. The van der Waals surface area contributed by atoms with E-state index in [1.807, 2.05) is 0 Å². The SMILES string of the molecule is CC(=O)N(c1ccc(F)cc1Cl)S(=O)(=O)CCl. The molecule has 0 saturated carbocycles. The molecular weight excluding hydrogens is 292 g/mol. The number of amides is 1. The van der Waals surface area contributed by atoms with Crippen molar-refractivity contribution < 1.29 is 17.6 Å². The molecule has 1 rings (SSSR count). The first kappa shape index (κ1) is 14.2. The number of nitrogens with zero attached hydrogens (tertiary/aromatic N) is 1. The highest BCUT2D eigenvalue weighted by Crippen LogP contribution is 2.29. The van der Waals surface area contributed by atoms with Gasteiger partial charge in [0.15, 0.2) is 0 Å². The lowest BCUT2D eigenvalue weighted by atomic mass is 10.3. The van der Waals surface area contributed by atoms with Gasteiger partial charge in [-0.1, -0.05) is 11.6 Å². The second kappa shape index (κ2) is 5.20. The van der Waals surface area contributed by atoms with Gasteiger partial charge in [0.05, 0.1) is 10.7 Å². The summed E-state index contributed by atoms with van der Waals surface area (Å²) >= 11 is 11.0. The summed E-state index contributed by atoms with van der Waals surface area (Å²) in [5.74, 6) is -1.41. The van der Waals surface area contributed by atoms with Crippen LogP contribution in [0.5, 0.6) is 0 Å². The van der Waals surface area contributed by atoms with Crippen LogP contribution in [0.2, 0.25) is 5.02 Å². The van der Waals surface area contributed by atoms with Gasteiger partial charge in [-0.2, -0.15) is 0 Å². The lowest BCUT2D eigenvalue weighted by molar-refractivity contribution is -0.115. The molecule has 0 bridgehead atoms. The van der Waals surface area contributed by atoms with Crippen molar-refractivity contribution in [2.75, 3.05) is 9.52 Å². The Bertz CT molecular complexity index is 547. The van der Waals surface area contributed by atoms with Crippen molar-refractivity contribution in [2.24, 2.45) is 0 Å². The maximum atomic E-state index is 12.8. The predicted octanol–water partition coefficient (Wildman–Crippen LogP) is 2.36. The van der Waals surface area contributed by atoms with Crippen LogP contribution in [-0.2, 0) is 14.8 Å². The van der Waals surface area contributed by atoms with Gasteiger partial charge in [0.25, 0.3) is 10.0 Å². The van der Waals surface area contributed by atoms with Gasteiger partial charge in [-0.15, -0.1) is 11.6 Å². The summed E-state index contributed by atoms with van der Waals surface area (Å²) in [4.78, 5) is 11.3. The van der Waals surface area contributed by atoms with Crippen molar-refractivity contribution >= 4 is 44.8 Å². The largest absolute Gasteiger partial charge is 0.274 e. The van der Waals surface area contributed by atoms with Crippen molar-refractivity contribution in [1.29, 1.82) is 0 Å². The highest BCUT2D eigenvalue weighted by Gasteiger charge is 2.27. The predicted molar refractivity (Wildman–Crippen MR) is 64.2 cm³/mol. The molecule has 0 aliphatic heterocycles. The first-order chi connectivity index (χ1) is 7.79. The summed E-state index contributed by atoms with van der Waals surface area (Å²) in [7, 11) is -4.01. The Morgan fingerprint density at radius 2 is 2.06 bits per heavy atom. The van der Waals surface area contributed by atoms with Gasteiger partial charge in [-0.3, -0.25) is 4.79 Å². The van der Waals surface area contributed by atoms with E-state index in [9.17, 15) is 17.6 Å². The fourth-order valence-corrected chi connectivity index (χ4v) is 2.75. The highest BCUT2D eigenvalue weighted by molar-refractivity contribution is 7.94. The van der Waals surface area contributed by atoms with E-state index < -0.39 is 27.0 Å². The molecule has 0 fully saturated rings. The fourth-order valence-electron chi connectivity index (χ4n) is 1.21. The van der Waals surface area contributed by atoms with Crippen molar-refractivity contribution in [2.45, 2.75) is 6.92 Å². The van der Waals surface area contributed by atoms with E-state index in [1.54, 1.807) is 0 Å². The number of hydrogen-bond donors (Lipinski definition) is 0. The first-order valence-electron chi connectivity index (χ1n) is 4.34. The Morgan fingerprint density at radius 3 is 2.47 bits per heavy atom. The molecule has 4 nitrogen and oxygen atoms in total. The van der Waals surface area contributed by atoms with Crippen LogP contribution in [0.25, 0.3) is 0 Å². The van der Waals surface area contributed by atoms with E-state index in [4.69, 9.17) is 23.2 Å². The smallest absolute Gasteiger partial charge is 0.255 e. The zero-order valence-corrected chi connectivity index (χ0v) is 11.0. The minimum atomic E-state index is -4.01. The monoisotopic (exact) mass is 299 g/mol. The van der Waals surface area contributed by atoms with Crippen molar-refractivity contribution in [3.05, 3.63) is 29.0 Å². The van der Waals surface area contributed by atoms with E-state index in [1.165, 1.54) is 0 Å². The lowest BCUT2D eigenvalue weighted by Gasteiger charge is -2.20. The van der Waals surface area contributed by atoms with Gasteiger partial charge >= 0.3 is 0 Å². The molecule has 0 N–H and O–H groups in total. The number of alkyl halides is 1. The molecule has 0 unspecified atom stereocenters. The molecule has 0 spiro atoms. The molecular formula is C9H8Cl2FNO3S. The number of benzene rings is 1. The Balaban J connectivity index is 3.40. The van der Waals surface area contributed by atoms with E-state index in [2.05, 4.69) is 0 Å². The topological polar surface area (TPSA) is 54.5 Å². The Kier molecular flexibility index (Phi) is 4.35. The van der Waals surface area contributed by atoms with Gasteiger partial charge in [-0.05, 0) is 18.2 Å². The third-order valence-corrected chi connectivity index (χ3v) is 4.25. The molecule has 1 aromatic rings. The molecule has 1 aromatic carbocycles. The van der Waals surface area contributed by atoms with Gasteiger partial charge in [-0.25, -0.2) is 17.1 Å². The van der Waals surface area contributed by atoms with Gasteiger partial charge in [0.1, 0.15) is 11.0 Å². The Morgan fingerprint density at radius 1 is 1.47 bits per heavy atom. The average Bonchev–Trinajstić information content (AvgIpc) is 2.21. The summed E-state index contributed by atoms with van der Waals surface area (Å²) in [6, 6.07) is 3.01. The fraction of sp³-hybridized carbons (Fsp3) is 0.222. The number of sulfonamides is 1. The minimum absolute atomic E-state index is 0.124. The zero-order valence-electron chi connectivity index (χ0n) is 8.65. The molecule has 0 aliphatic carbocycles. The maximum absolute atomic E-state index is 12.8. The van der Waals surface area contributed by atoms with E-state index in [-0.39, 0.29) is 10.7 Å². The zero-order chi connectivity index (χ0) is 13.2. The molecule has 0 aliphatic rings.